The number of fused-ring (bicyclic) bond motifs is 1. The van der Waals surface area contributed by atoms with Gasteiger partial charge in [0.1, 0.15) is 11.5 Å². The molecule has 8 heteroatoms. The molecule has 1 amide bonds. The van der Waals surface area contributed by atoms with E-state index in [9.17, 15) is 9.18 Å². The largest absolute Gasteiger partial charge is 0.355 e. The van der Waals surface area contributed by atoms with Crippen molar-refractivity contribution in [1.29, 1.82) is 0 Å². The summed E-state index contributed by atoms with van der Waals surface area (Å²) in [4.78, 5) is 23.7. The van der Waals surface area contributed by atoms with Crippen LogP contribution in [0.15, 0.2) is 61.4 Å². The van der Waals surface area contributed by atoms with Crippen LogP contribution in [0, 0.1) is 0 Å². The lowest BCUT2D eigenvalue weighted by Crippen LogP contribution is -2.27. The van der Waals surface area contributed by atoms with Crippen molar-refractivity contribution >= 4 is 28.8 Å². The smallest absolute Gasteiger partial charge is 0.255 e. The van der Waals surface area contributed by atoms with Gasteiger partial charge in [-0.3, -0.25) is 9.78 Å². The number of anilines is 4. The van der Waals surface area contributed by atoms with E-state index in [1.165, 1.54) is 31.2 Å². The normalized spacial score (nSPS) is 14.9. The zero-order valence-corrected chi connectivity index (χ0v) is 21.2. The first kappa shape index (κ1) is 25.3. The van der Waals surface area contributed by atoms with Crippen molar-refractivity contribution in [1.82, 2.24) is 20.2 Å². The Bertz CT molecular complexity index is 1270. The minimum Gasteiger partial charge on any atom is -0.355 e. The van der Waals surface area contributed by atoms with E-state index in [1.807, 2.05) is 0 Å². The van der Waals surface area contributed by atoms with E-state index in [0.29, 0.717) is 41.0 Å². The standard InChI is InChI=1S/C28H33FN6O/c1-6-10-31-27(36)23-17-32-26(16-24(23)33-21-9-11-30-25(15-21)28(2,3)29)34-20-8-7-18-13-22(35(4)5)14-19(18)12-20/h6-9,11-12,15-17,22H,1,10,13-14H2,2-5H3,(H,31,36)(H2,30,32,33,34). The number of rotatable bonds is 9. The molecule has 0 aliphatic heterocycles. The molecule has 3 aromatic rings. The Kier molecular flexibility index (Phi) is 7.35. The quantitative estimate of drug-likeness (QED) is 0.363. The molecule has 0 spiro atoms. The highest BCUT2D eigenvalue weighted by atomic mass is 19.1. The fraction of sp³-hybridized carbons (Fsp3) is 0.321. The van der Waals surface area contributed by atoms with Crippen LogP contribution >= 0.6 is 0 Å². The summed E-state index contributed by atoms with van der Waals surface area (Å²) in [5, 5.41) is 9.40. The van der Waals surface area contributed by atoms with E-state index in [2.05, 4.69) is 69.7 Å². The van der Waals surface area contributed by atoms with Crippen LogP contribution in [0.4, 0.5) is 27.3 Å². The Labute approximate surface area is 211 Å². The molecule has 1 aliphatic carbocycles. The van der Waals surface area contributed by atoms with Crippen molar-refractivity contribution in [3.8, 4) is 0 Å². The summed E-state index contributed by atoms with van der Waals surface area (Å²) < 4.78 is 14.5. The molecule has 0 fully saturated rings. The lowest BCUT2D eigenvalue weighted by molar-refractivity contribution is 0.0958. The molecule has 0 saturated heterocycles. The van der Waals surface area contributed by atoms with Crippen molar-refractivity contribution < 1.29 is 9.18 Å². The third kappa shape index (κ3) is 5.88. The Hall–Kier alpha value is -3.78. The third-order valence-electron chi connectivity index (χ3n) is 6.32. The maximum atomic E-state index is 14.5. The van der Waals surface area contributed by atoms with Crippen LogP contribution in [0.1, 0.15) is 41.0 Å². The van der Waals surface area contributed by atoms with Crippen LogP contribution in [0.25, 0.3) is 0 Å². The zero-order valence-electron chi connectivity index (χ0n) is 21.2. The number of carbonyl (C=O) groups is 1. The van der Waals surface area contributed by atoms with Crippen LogP contribution in [-0.4, -0.2) is 47.5 Å². The highest BCUT2D eigenvalue weighted by Crippen LogP contribution is 2.31. The number of carbonyl (C=O) groups excluding carboxylic acids is 1. The lowest BCUT2D eigenvalue weighted by atomic mass is 10.1. The van der Waals surface area contributed by atoms with Gasteiger partial charge in [-0.25, -0.2) is 9.37 Å². The van der Waals surface area contributed by atoms with Gasteiger partial charge >= 0.3 is 0 Å². The minimum atomic E-state index is -1.59. The topological polar surface area (TPSA) is 82.2 Å². The number of aromatic nitrogens is 2. The number of nitrogens with one attached hydrogen (secondary N) is 3. The molecule has 1 aliphatic rings. The van der Waals surface area contributed by atoms with Crippen LogP contribution < -0.4 is 16.0 Å². The van der Waals surface area contributed by atoms with Crippen molar-refractivity contribution in [3.05, 3.63) is 83.8 Å². The number of hydrogen-bond acceptors (Lipinski definition) is 6. The summed E-state index contributed by atoms with van der Waals surface area (Å²) in [5.74, 6) is 0.295. The molecule has 0 saturated carbocycles. The number of alkyl halides is 1. The Morgan fingerprint density at radius 1 is 1.11 bits per heavy atom. The molecule has 7 nitrogen and oxygen atoms in total. The highest BCUT2D eigenvalue weighted by Gasteiger charge is 2.24. The predicted octanol–water partition coefficient (Wildman–Crippen LogP) is 5.11. The van der Waals surface area contributed by atoms with Gasteiger partial charge in [-0.15, -0.1) is 6.58 Å². The molecule has 1 unspecified atom stereocenters. The number of halogens is 1. The van der Waals surface area contributed by atoms with E-state index in [-0.39, 0.29) is 5.91 Å². The van der Waals surface area contributed by atoms with Gasteiger partial charge in [0, 0.05) is 42.4 Å². The third-order valence-corrected chi connectivity index (χ3v) is 6.32. The van der Waals surface area contributed by atoms with E-state index in [4.69, 9.17) is 0 Å². The average Bonchev–Trinajstić information content (AvgIpc) is 3.26. The van der Waals surface area contributed by atoms with Gasteiger partial charge in [0.05, 0.1) is 16.9 Å². The van der Waals surface area contributed by atoms with Crippen molar-refractivity contribution in [3.63, 3.8) is 0 Å². The monoisotopic (exact) mass is 488 g/mol. The van der Waals surface area contributed by atoms with Gasteiger partial charge in [-0.1, -0.05) is 12.1 Å². The number of pyridine rings is 2. The first-order chi connectivity index (χ1) is 17.1. The van der Waals surface area contributed by atoms with Crippen molar-refractivity contribution in [2.24, 2.45) is 0 Å². The van der Waals surface area contributed by atoms with Crippen LogP contribution in [0.5, 0.6) is 0 Å². The number of hydrogen-bond donors (Lipinski definition) is 3. The molecule has 2 aromatic heterocycles. The molecule has 4 rings (SSSR count). The molecule has 36 heavy (non-hydrogen) atoms. The molecular formula is C28H33FN6O. The van der Waals surface area contributed by atoms with Gasteiger partial charge < -0.3 is 20.9 Å². The number of likely N-dealkylation sites (N-methyl/N-ethyl adjacent to an activating group) is 1. The van der Waals surface area contributed by atoms with Crippen LogP contribution in [0.3, 0.4) is 0 Å². The number of nitrogens with zero attached hydrogens (tertiary/aromatic N) is 3. The molecule has 0 radical (unpaired) electrons. The Balaban J connectivity index is 1.62. The van der Waals surface area contributed by atoms with Gasteiger partial charge in [-0.2, -0.15) is 0 Å². The Morgan fingerprint density at radius 3 is 2.58 bits per heavy atom. The fourth-order valence-electron chi connectivity index (χ4n) is 4.24. The molecule has 1 aromatic carbocycles. The van der Waals surface area contributed by atoms with Gasteiger partial charge in [-0.05, 0) is 76.2 Å². The summed E-state index contributed by atoms with van der Waals surface area (Å²) in [6.45, 7) is 6.89. The van der Waals surface area contributed by atoms with Gasteiger partial charge in [0.15, 0.2) is 0 Å². The van der Waals surface area contributed by atoms with E-state index >= 15 is 0 Å². The second kappa shape index (κ2) is 10.5. The zero-order chi connectivity index (χ0) is 25.9. The number of benzene rings is 1. The summed E-state index contributed by atoms with van der Waals surface area (Å²) >= 11 is 0. The minimum absolute atomic E-state index is 0.288. The lowest BCUT2D eigenvalue weighted by Gasteiger charge is -2.17. The molecule has 0 bridgehead atoms. The summed E-state index contributed by atoms with van der Waals surface area (Å²) in [5.41, 5.74) is 3.86. The first-order valence-electron chi connectivity index (χ1n) is 12.0. The first-order valence-corrected chi connectivity index (χ1v) is 12.0. The number of amides is 1. The van der Waals surface area contributed by atoms with Crippen LogP contribution in [0.2, 0.25) is 0 Å². The van der Waals surface area contributed by atoms with E-state index in [1.54, 1.807) is 30.5 Å². The van der Waals surface area contributed by atoms with E-state index in [0.717, 1.165) is 18.5 Å². The second-order valence-electron chi connectivity index (χ2n) is 9.78. The summed E-state index contributed by atoms with van der Waals surface area (Å²) in [7, 11) is 4.22. The fourth-order valence-corrected chi connectivity index (χ4v) is 4.24. The molecule has 2 heterocycles. The molecule has 1 atom stereocenters. The van der Waals surface area contributed by atoms with Gasteiger partial charge in [0.25, 0.3) is 5.91 Å². The van der Waals surface area contributed by atoms with E-state index < -0.39 is 5.67 Å². The molecule has 188 valence electrons. The SMILES string of the molecule is C=CCNC(=O)c1cnc(Nc2ccc3c(c2)CC(N(C)C)C3)cc1Nc1ccnc(C(C)(C)F)c1. The summed E-state index contributed by atoms with van der Waals surface area (Å²) in [6, 6.07) is 12.0. The Morgan fingerprint density at radius 2 is 1.86 bits per heavy atom. The van der Waals surface area contributed by atoms with Gasteiger partial charge in [0.2, 0.25) is 0 Å². The average molecular weight is 489 g/mol. The predicted molar refractivity (Wildman–Crippen MR) is 143 cm³/mol. The van der Waals surface area contributed by atoms with Crippen molar-refractivity contribution in [2.45, 2.75) is 38.4 Å². The van der Waals surface area contributed by atoms with Crippen molar-refractivity contribution in [2.75, 3.05) is 31.3 Å². The highest BCUT2D eigenvalue weighted by molar-refractivity contribution is 6.00. The summed E-state index contributed by atoms with van der Waals surface area (Å²) in [6.07, 6.45) is 6.74. The second-order valence-corrected chi connectivity index (χ2v) is 9.78. The maximum Gasteiger partial charge on any atom is 0.255 e. The van der Waals surface area contributed by atoms with Crippen LogP contribution in [-0.2, 0) is 18.5 Å². The molecular weight excluding hydrogens is 455 g/mol. The molecule has 3 N–H and O–H groups in total. The maximum absolute atomic E-state index is 14.5.